The molecule has 0 rings (SSSR count). The van der Waals surface area contributed by atoms with Gasteiger partial charge in [0.1, 0.15) is 0 Å². The Labute approximate surface area is 49.7 Å². The van der Waals surface area contributed by atoms with Crippen molar-refractivity contribution in [2.45, 2.75) is 12.0 Å². The molecular formula is C4H12LiN. The molecule has 0 aromatic heterocycles. The molecule has 0 radical (unpaired) electrons. The Kier molecular flexibility index (Phi) is 28.7. The van der Waals surface area contributed by atoms with Gasteiger partial charge in [0.25, 0.3) is 0 Å². The van der Waals surface area contributed by atoms with Gasteiger partial charge in [-0.2, -0.15) is 0 Å². The second kappa shape index (κ2) is 17.6. The molecule has 0 aliphatic heterocycles. The Morgan fingerprint density at radius 3 is 1.50 bits per heavy atom. The second-order valence-corrected chi connectivity index (χ2v) is 1.21. The van der Waals surface area contributed by atoms with Gasteiger partial charge in [0.2, 0.25) is 0 Å². The zero-order valence-corrected chi connectivity index (χ0v) is 5.21. The molecule has 0 heterocycles. The molecule has 34 valence electrons. The van der Waals surface area contributed by atoms with Crippen molar-refractivity contribution in [3.63, 3.8) is 0 Å². The van der Waals surface area contributed by atoms with Crippen molar-refractivity contribution in [2.24, 2.45) is 0 Å². The minimum absolute atomic E-state index is 1.25. The Hall–Kier alpha value is 0.557. The van der Waals surface area contributed by atoms with Gasteiger partial charge in [-0.25, -0.2) is 0 Å². The summed E-state index contributed by atoms with van der Waals surface area (Å²) in [5.74, 6) is 0. The van der Waals surface area contributed by atoms with Crippen LogP contribution in [0.1, 0.15) is 6.92 Å². The Morgan fingerprint density at radius 1 is 1.50 bits per heavy atom. The number of hydrogen-bond acceptors (Lipinski definition) is 1. The van der Waals surface area contributed by atoms with Crippen LogP contribution in [0.3, 0.4) is 0 Å². The van der Waals surface area contributed by atoms with Crippen LogP contribution in [-0.4, -0.2) is 31.8 Å². The minimum atomic E-state index is 1.25. The summed E-state index contributed by atoms with van der Waals surface area (Å²) in [4.78, 5) is 0. The van der Waals surface area contributed by atoms with Gasteiger partial charge in [0.15, 0.2) is 0 Å². The van der Waals surface area contributed by atoms with Crippen molar-refractivity contribution in [1.82, 2.24) is 5.32 Å². The molecule has 0 aliphatic rings. The van der Waals surface area contributed by atoms with Crippen molar-refractivity contribution in [2.75, 3.05) is 14.1 Å². The third-order valence-electron chi connectivity index (χ3n) is 0. The van der Waals surface area contributed by atoms with E-state index in [0.29, 0.717) is 0 Å². The van der Waals surface area contributed by atoms with Gasteiger partial charge in [0, 0.05) is 0 Å². The van der Waals surface area contributed by atoms with Gasteiger partial charge in [-0.05, 0) is 14.1 Å². The fourth-order valence-electron chi connectivity index (χ4n) is 0. The molecule has 0 saturated carbocycles. The molecule has 0 aromatic rings. The number of rotatable bonds is 0. The van der Waals surface area contributed by atoms with Crippen LogP contribution < -0.4 is 5.32 Å². The van der Waals surface area contributed by atoms with Crippen LogP contribution in [0, 0.1) is 0 Å². The molecule has 0 aromatic carbocycles. The molecule has 6 heavy (non-hydrogen) atoms. The summed E-state index contributed by atoms with van der Waals surface area (Å²) in [5.41, 5.74) is 0. The van der Waals surface area contributed by atoms with Gasteiger partial charge in [-0.15, -0.1) is 0 Å². The molecule has 0 fully saturated rings. The molecular weight excluding hydrogens is 69.0 g/mol. The molecule has 0 unspecified atom stereocenters. The Morgan fingerprint density at radius 2 is 1.50 bits per heavy atom. The number of nitrogens with one attached hydrogen (secondary N) is 1. The molecule has 0 spiro atoms. The van der Waals surface area contributed by atoms with E-state index in [1.807, 2.05) is 14.1 Å². The summed E-state index contributed by atoms with van der Waals surface area (Å²) >= 11 is 2.12. The van der Waals surface area contributed by atoms with Crippen LogP contribution in [0.25, 0.3) is 0 Å². The predicted molar refractivity (Wildman–Crippen MR) is 31.2 cm³/mol. The van der Waals surface area contributed by atoms with E-state index in [-0.39, 0.29) is 0 Å². The molecule has 0 atom stereocenters. The molecule has 2 heteroatoms. The molecule has 0 bridgehead atoms. The zero-order valence-electron chi connectivity index (χ0n) is 5.21. The van der Waals surface area contributed by atoms with Crippen LogP contribution in [0.5, 0.6) is 0 Å². The predicted octanol–water partition coefficient (Wildman–Crippen LogP) is 0.429. The average Bonchev–Trinajstić information content (AvgIpc) is 1.39. The van der Waals surface area contributed by atoms with Gasteiger partial charge in [-0.3, -0.25) is 0 Å². The van der Waals surface area contributed by atoms with E-state index in [4.69, 9.17) is 0 Å². The Bertz CT molecular complexity index is 9.51. The van der Waals surface area contributed by atoms with Crippen LogP contribution in [0.4, 0.5) is 0 Å². The summed E-state index contributed by atoms with van der Waals surface area (Å²) < 4.78 is 0. The third-order valence-corrected chi connectivity index (χ3v) is 0. The first-order chi connectivity index (χ1) is 2.83. The first kappa shape index (κ1) is 9.75. The summed E-state index contributed by atoms with van der Waals surface area (Å²) in [5, 5.41) is 4.00. The van der Waals surface area contributed by atoms with Crippen LogP contribution >= 0.6 is 0 Å². The summed E-state index contributed by atoms with van der Waals surface area (Å²) in [6.07, 6.45) is 0. The summed E-state index contributed by atoms with van der Waals surface area (Å²) in [6.45, 7) is 2.12. The van der Waals surface area contributed by atoms with Crippen molar-refractivity contribution in [3.05, 3.63) is 0 Å². The normalized spacial score (nSPS) is 6.17. The van der Waals surface area contributed by atoms with Crippen molar-refractivity contribution in [1.29, 1.82) is 0 Å². The van der Waals surface area contributed by atoms with Crippen LogP contribution in [0.2, 0.25) is 5.09 Å². The fourth-order valence-corrected chi connectivity index (χ4v) is 0. The Balaban J connectivity index is 0. The zero-order chi connectivity index (χ0) is 5.41. The summed E-state index contributed by atoms with van der Waals surface area (Å²) in [7, 11) is 3.75. The van der Waals surface area contributed by atoms with E-state index in [1.165, 1.54) is 5.09 Å². The molecule has 0 aliphatic carbocycles. The molecule has 1 nitrogen and oxygen atoms in total. The molecule has 0 amide bonds. The van der Waals surface area contributed by atoms with Gasteiger partial charge in [0.05, 0.1) is 0 Å². The van der Waals surface area contributed by atoms with Gasteiger partial charge >= 0.3 is 29.7 Å². The van der Waals surface area contributed by atoms with E-state index in [2.05, 4.69) is 30.0 Å². The fraction of sp³-hybridized carbons (Fsp3) is 1.00. The molecule has 0 saturated heterocycles. The first-order valence-electron chi connectivity index (χ1n) is 2.41. The van der Waals surface area contributed by atoms with Crippen molar-refractivity contribution >= 4 is 17.7 Å². The monoisotopic (exact) mass is 81.1 g/mol. The van der Waals surface area contributed by atoms with Crippen molar-refractivity contribution < 1.29 is 0 Å². The average molecular weight is 81.1 g/mol. The second-order valence-electron chi connectivity index (χ2n) is 1.21. The SMILES string of the molecule is CNC.[Li][CH2]C. The third kappa shape index (κ3) is 186. The van der Waals surface area contributed by atoms with Crippen LogP contribution in [-0.2, 0) is 0 Å². The van der Waals surface area contributed by atoms with Crippen LogP contribution in [0.15, 0.2) is 0 Å². The van der Waals surface area contributed by atoms with E-state index < -0.39 is 0 Å². The maximum absolute atomic E-state index is 2.75. The number of hydrogen-bond donors (Lipinski definition) is 1. The standard InChI is InChI=1S/C2H7N.C2H5.Li/c1-3-2;1-2;/h3H,1-2H3;1H2,2H3;. The first-order valence-corrected chi connectivity index (χ1v) is 2.41. The van der Waals surface area contributed by atoms with Gasteiger partial charge < -0.3 is 5.32 Å². The molecule has 1 N–H and O–H groups in total. The van der Waals surface area contributed by atoms with E-state index in [0.717, 1.165) is 0 Å². The van der Waals surface area contributed by atoms with E-state index >= 15 is 0 Å². The van der Waals surface area contributed by atoms with Crippen molar-refractivity contribution in [3.8, 4) is 0 Å². The van der Waals surface area contributed by atoms with E-state index in [1.54, 1.807) is 0 Å². The van der Waals surface area contributed by atoms with E-state index in [9.17, 15) is 0 Å². The van der Waals surface area contributed by atoms with Gasteiger partial charge in [-0.1, -0.05) is 0 Å². The quantitative estimate of drug-likeness (QED) is 0.417. The summed E-state index contributed by atoms with van der Waals surface area (Å²) in [6, 6.07) is 0. The maximum atomic E-state index is 2.75. The topological polar surface area (TPSA) is 12.0 Å².